The highest BCUT2D eigenvalue weighted by atomic mass is 16.3. The Morgan fingerprint density at radius 2 is 1.52 bits per heavy atom. The van der Waals surface area contributed by atoms with Gasteiger partial charge in [-0.25, -0.2) is 0 Å². The smallest absolute Gasteiger partial charge is 0.123 e. The third-order valence-corrected chi connectivity index (χ3v) is 4.36. The molecule has 0 bridgehead atoms. The van der Waals surface area contributed by atoms with Crippen LogP contribution in [0.25, 0.3) is 22.4 Å². The first-order valence-corrected chi connectivity index (χ1v) is 7.63. The summed E-state index contributed by atoms with van der Waals surface area (Å²) in [5.41, 5.74) is 3.69. The van der Waals surface area contributed by atoms with Crippen LogP contribution in [0.2, 0.25) is 0 Å². The summed E-state index contributed by atoms with van der Waals surface area (Å²) >= 11 is 0. The summed E-state index contributed by atoms with van der Waals surface area (Å²) in [6, 6.07) is 19.6. The summed E-state index contributed by atoms with van der Waals surface area (Å²) in [7, 11) is 0. The lowest BCUT2D eigenvalue weighted by atomic mass is 9.91. The van der Waals surface area contributed by atoms with Crippen LogP contribution in [0.4, 0.5) is 0 Å². The van der Waals surface area contributed by atoms with Crippen LogP contribution in [0.5, 0.6) is 5.75 Å². The van der Waals surface area contributed by atoms with Crippen LogP contribution in [-0.2, 0) is 6.42 Å². The number of hydrogen-bond donors (Lipinski definition) is 2. The van der Waals surface area contributed by atoms with Gasteiger partial charge in [-0.2, -0.15) is 0 Å². The molecule has 2 nitrogen and oxygen atoms in total. The molecule has 112 valence electrons. The van der Waals surface area contributed by atoms with Crippen molar-refractivity contribution in [3.8, 4) is 5.75 Å². The van der Waals surface area contributed by atoms with Crippen molar-refractivity contribution in [3.63, 3.8) is 0 Å². The summed E-state index contributed by atoms with van der Waals surface area (Å²) < 4.78 is 0. The van der Waals surface area contributed by atoms with E-state index in [4.69, 9.17) is 0 Å². The number of aliphatic hydroxyl groups excluding tert-OH is 1. The molecule has 0 saturated carbocycles. The number of aliphatic hydroxyl groups is 1. The van der Waals surface area contributed by atoms with E-state index >= 15 is 0 Å². The van der Waals surface area contributed by atoms with Crippen molar-refractivity contribution >= 4 is 22.4 Å². The molecule has 4 rings (SSSR count). The second-order valence-electron chi connectivity index (χ2n) is 5.75. The van der Waals surface area contributed by atoms with Crippen molar-refractivity contribution in [2.75, 3.05) is 0 Å². The molecule has 0 radical (unpaired) electrons. The van der Waals surface area contributed by atoms with E-state index in [0.717, 1.165) is 27.5 Å². The van der Waals surface area contributed by atoms with E-state index in [2.05, 4.69) is 6.07 Å². The molecule has 0 saturated heterocycles. The lowest BCUT2D eigenvalue weighted by molar-refractivity contribution is 0.433. The Morgan fingerprint density at radius 1 is 0.739 bits per heavy atom. The molecule has 0 aliphatic heterocycles. The van der Waals surface area contributed by atoms with Crippen molar-refractivity contribution in [2.45, 2.75) is 6.42 Å². The van der Waals surface area contributed by atoms with Crippen molar-refractivity contribution < 1.29 is 10.2 Å². The third-order valence-electron chi connectivity index (χ3n) is 4.36. The van der Waals surface area contributed by atoms with Crippen LogP contribution in [0.15, 0.2) is 72.5 Å². The minimum atomic E-state index is 0.193. The van der Waals surface area contributed by atoms with Gasteiger partial charge in [0.25, 0.3) is 0 Å². The van der Waals surface area contributed by atoms with E-state index in [1.54, 1.807) is 12.1 Å². The van der Waals surface area contributed by atoms with Gasteiger partial charge in [-0.1, -0.05) is 60.7 Å². The highest BCUT2D eigenvalue weighted by Crippen LogP contribution is 2.38. The molecule has 0 amide bonds. The molecule has 23 heavy (non-hydrogen) atoms. The normalized spacial score (nSPS) is 13.9. The van der Waals surface area contributed by atoms with Gasteiger partial charge in [0.05, 0.1) is 0 Å². The predicted octanol–water partition coefficient (Wildman–Crippen LogP) is 5.08. The lowest BCUT2D eigenvalue weighted by Gasteiger charge is -2.14. The number of allylic oxidation sites excluding steroid dienone is 2. The number of benzene rings is 3. The van der Waals surface area contributed by atoms with Crippen LogP contribution in [0.1, 0.15) is 16.7 Å². The molecule has 0 spiro atoms. The van der Waals surface area contributed by atoms with Crippen LogP contribution >= 0.6 is 0 Å². The average molecular weight is 300 g/mol. The van der Waals surface area contributed by atoms with Gasteiger partial charge in [0, 0.05) is 17.6 Å². The molecule has 2 N–H and O–H groups in total. The fourth-order valence-electron chi connectivity index (χ4n) is 3.20. The molecule has 0 fully saturated rings. The average Bonchev–Trinajstić information content (AvgIpc) is 2.74. The Balaban J connectivity index is 1.98. The molecule has 0 unspecified atom stereocenters. The summed E-state index contributed by atoms with van der Waals surface area (Å²) in [6.07, 6.45) is 4.21. The van der Waals surface area contributed by atoms with Crippen molar-refractivity contribution in [2.24, 2.45) is 0 Å². The lowest BCUT2D eigenvalue weighted by Crippen LogP contribution is -1.97. The Hall–Kier alpha value is -3.00. The summed E-state index contributed by atoms with van der Waals surface area (Å²) in [5, 5.41) is 23.0. The molecule has 2 heteroatoms. The highest BCUT2D eigenvalue weighted by Gasteiger charge is 2.18. The first-order chi connectivity index (χ1) is 11.2. The number of phenols is 1. The van der Waals surface area contributed by atoms with Gasteiger partial charge in [-0.05, 0) is 34.0 Å². The summed E-state index contributed by atoms with van der Waals surface area (Å²) in [6.45, 7) is 0. The molecule has 0 heterocycles. The van der Waals surface area contributed by atoms with Crippen LogP contribution < -0.4 is 0 Å². The fraction of sp³-hybridized carbons (Fsp3) is 0.0476. The summed E-state index contributed by atoms with van der Waals surface area (Å²) in [5.74, 6) is 0.394. The van der Waals surface area contributed by atoms with E-state index in [-0.39, 0.29) is 11.5 Å². The summed E-state index contributed by atoms with van der Waals surface area (Å²) in [4.78, 5) is 0. The van der Waals surface area contributed by atoms with E-state index < -0.39 is 0 Å². The van der Waals surface area contributed by atoms with Crippen LogP contribution in [0.3, 0.4) is 0 Å². The van der Waals surface area contributed by atoms with Gasteiger partial charge in [0.15, 0.2) is 0 Å². The Kier molecular flexibility index (Phi) is 3.16. The third kappa shape index (κ3) is 2.29. The highest BCUT2D eigenvalue weighted by molar-refractivity contribution is 5.98. The monoisotopic (exact) mass is 300 g/mol. The number of hydrogen-bond acceptors (Lipinski definition) is 2. The van der Waals surface area contributed by atoms with Gasteiger partial charge in [0.1, 0.15) is 11.5 Å². The van der Waals surface area contributed by atoms with Gasteiger partial charge >= 0.3 is 0 Å². The standard InChI is InChI=1S/C21H16O2/c22-19-11-9-14-5-1-2-7-16(14)13-18(19)21-17-8-4-3-6-15(17)10-12-20(21)23/h1-12,22-23H,13H2. The number of aromatic hydroxyl groups is 1. The van der Waals surface area contributed by atoms with Crippen LogP contribution in [-0.4, -0.2) is 10.2 Å². The maximum absolute atomic E-state index is 10.5. The Morgan fingerprint density at radius 3 is 2.43 bits per heavy atom. The molecule has 0 atom stereocenters. The largest absolute Gasteiger partial charge is 0.508 e. The minimum absolute atomic E-state index is 0.193. The zero-order chi connectivity index (χ0) is 15.8. The van der Waals surface area contributed by atoms with E-state index in [1.807, 2.05) is 54.6 Å². The fourth-order valence-corrected chi connectivity index (χ4v) is 3.20. The van der Waals surface area contributed by atoms with Gasteiger partial charge < -0.3 is 10.2 Å². The topological polar surface area (TPSA) is 40.5 Å². The molecule has 1 aliphatic rings. The second kappa shape index (κ2) is 5.33. The van der Waals surface area contributed by atoms with E-state index in [9.17, 15) is 10.2 Å². The molecule has 3 aromatic carbocycles. The zero-order valence-electron chi connectivity index (χ0n) is 12.5. The predicted molar refractivity (Wildman–Crippen MR) is 94.3 cm³/mol. The van der Waals surface area contributed by atoms with Gasteiger partial charge in [-0.3, -0.25) is 0 Å². The number of fused-ring (bicyclic) bond motifs is 2. The zero-order valence-corrected chi connectivity index (χ0v) is 12.5. The molecular weight excluding hydrogens is 284 g/mol. The molecular formula is C21H16O2. The SMILES string of the molecule is OC1=C(c2c(O)ccc3ccccc23)Cc2ccccc2C=C1. The van der Waals surface area contributed by atoms with Crippen LogP contribution in [0, 0.1) is 0 Å². The van der Waals surface area contributed by atoms with Crippen molar-refractivity contribution in [1.29, 1.82) is 0 Å². The molecule has 3 aromatic rings. The number of phenolic OH excluding ortho intramolecular Hbond substituents is 1. The maximum atomic E-state index is 10.5. The maximum Gasteiger partial charge on any atom is 0.123 e. The van der Waals surface area contributed by atoms with E-state index in [0.29, 0.717) is 12.0 Å². The minimum Gasteiger partial charge on any atom is -0.508 e. The molecule has 1 aliphatic carbocycles. The Bertz CT molecular complexity index is 964. The van der Waals surface area contributed by atoms with Gasteiger partial charge in [0.2, 0.25) is 0 Å². The van der Waals surface area contributed by atoms with E-state index in [1.165, 1.54) is 0 Å². The van der Waals surface area contributed by atoms with Crippen molar-refractivity contribution in [3.05, 3.63) is 89.2 Å². The first kappa shape index (κ1) is 13.6. The second-order valence-corrected chi connectivity index (χ2v) is 5.75. The molecule has 0 aromatic heterocycles. The Labute approximate surface area is 134 Å². The van der Waals surface area contributed by atoms with Crippen molar-refractivity contribution in [1.82, 2.24) is 0 Å². The first-order valence-electron chi connectivity index (χ1n) is 7.63. The quantitative estimate of drug-likeness (QED) is 0.657. The number of rotatable bonds is 1. The van der Waals surface area contributed by atoms with Gasteiger partial charge in [-0.15, -0.1) is 0 Å².